The highest BCUT2D eigenvalue weighted by molar-refractivity contribution is 5.90. The second kappa shape index (κ2) is 9.64. The van der Waals surface area contributed by atoms with Crippen LogP contribution in [0.15, 0.2) is 48.5 Å². The highest BCUT2D eigenvalue weighted by Gasteiger charge is 2.17. The first-order chi connectivity index (χ1) is 14.1. The van der Waals surface area contributed by atoms with Gasteiger partial charge in [0.15, 0.2) is 17.6 Å². The molecule has 0 saturated carbocycles. The molecule has 0 aromatic heterocycles. The predicted octanol–water partition coefficient (Wildman–Crippen LogP) is 3.08. The maximum absolute atomic E-state index is 12.2. The summed E-state index contributed by atoms with van der Waals surface area (Å²) in [6.07, 6.45) is 1.95. The number of ether oxygens (including phenoxy) is 4. The minimum atomic E-state index is -0.928. The molecule has 0 spiro atoms. The standard InChI is InChI=1S/C22H23NO6/c1-3-26-18-7-5-4-6-17(18)9-11-21(24)29-15(2)22(25)23-13-16-8-10-19-20(12-16)28-14-27-19/h4-12,15H,3,13-14H2,1-2H3,(H,23,25)/b11-9+/t15-/m0/s1. The maximum Gasteiger partial charge on any atom is 0.331 e. The van der Waals surface area contributed by atoms with Crippen LogP contribution in [0.1, 0.15) is 25.0 Å². The number of carbonyl (C=O) groups is 2. The van der Waals surface area contributed by atoms with Gasteiger partial charge < -0.3 is 24.3 Å². The largest absolute Gasteiger partial charge is 0.493 e. The van der Waals surface area contributed by atoms with Crippen LogP contribution in [-0.2, 0) is 20.9 Å². The lowest BCUT2D eigenvalue weighted by Crippen LogP contribution is -2.35. The third kappa shape index (κ3) is 5.51. The van der Waals surface area contributed by atoms with E-state index in [1.165, 1.54) is 13.0 Å². The van der Waals surface area contributed by atoms with Crippen molar-refractivity contribution in [1.29, 1.82) is 0 Å². The zero-order chi connectivity index (χ0) is 20.6. The summed E-state index contributed by atoms with van der Waals surface area (Å²) in [4.78, 5) is 24.3. The van der Waals surface area contributed by atoms with E-state index in [0.29, 0.717) is 23.9 Å². The first kappa shape index (κ1) is 20.3. The number of para-hydroxylation sites is 1. The Hall–Kier alpha value is -3.48. The van der Waals surface area contributed by atoms with E-state index in [4.69, 9.17) is 18.9 Å². The second-order valence-corrected chi connectivity index (χ2v) is 6.29. The molecule has 152 valence electrons. The van der Waals surface area contributed by atoms with Crippen molar-refractivity contribution in [3.63, 3.8) is 0 Å². The first-order valence-electron chi connectivity index (χ1n) is 9.33. The lowest BCUT2D eigenvalue weighted by Gasteiger charge is -2.12. The SMILES string of the molecule is CCOc1ccccc1/C=C/C(=O)O[C@@H](C)C(=O)NCc1ccc2c(c1)OCO2. The molecule has 1 aliphatic heterocycles. The third-order valence-electron chi connectivity index (χ3n) is 4.18. The number of hydrogen-bond donors (Lipinski definition) is 1. The molecule has 1 amide bonds. The van der Waals surface area contributed by atoms with Crippen molar-refractivity contribution in [2.45, 2.75) is 26.5 Å². The second-order valence-electron chi connectivity index (χ2n) is 6.29. The van der Waals surface area contributed by atoms with Gasteiger partial charge in [-0.2, -0.15) is 0 Å². The lowest BCUT2D eigenvalue weighted by molar-refractivity contribution is -0.150. The molecule has 1 N–H and O–H groups in total. The summed E-state index contributed by atoms with van der Waals surface area (Å²) in [6.45, 7) is 4.42. The highest BCUT2D eigenvalue weighted by atomic mass is 16.7. The van der Waals surface area contributed by atoms with Gasteiger partial charge in [0.25, 0.3) is 5.91 Å². The van der Waals surface area contributed by atoms with Gasteiger partial charge in [0.05, 0.1) is 6.61 Å². The van der Waals surface area contributed by atoms with Gasteiger partial charge in [0, 0.05) is 18.2 Å². The van der Waals surface area contributed by atoms with Crippen LogP contribution >= 0.6 is 0 Å². The van der Waals surface area contributed by atoms with Crippen LogP contribution in [0.5, 0.6) is 17.2 Å². The fourth-order valence-corrected chi connectivity index (χ4v) is 2.71. The van der Waals surface area contributed by atoms with Crippen LogP contribution in [0.2, 0.25) is 0 Å². The van der Waals surface area contributed by atoms with Gasteiger partial charge in [-0.15, -0.1) is 0 Å². The van der Waals surface area contributed by atoms with Crippen molar-refractivity contribution < 1.29 is 28.5 Å². The van der Waals surface area contributed by atoms with Crippen molar-refractivity contribution in [3.8, 4) is 17.2 Å². The first-order valence-corrected chi connectivity index (χ1v) is 9.33. The number of amides is 1. The molecule has 0 radical (unpaired) electrons. The van der Waals surface area contributed by atoms with Crippen molar-refractivity contribution in [3.05, 3.63) is 59.7 Å². The van der Waals surface area contributed by atoms with Crippen molar-refractivity contribution in [2.75, 3.05) is 13.4 Å². The normalized spacial score (nSPS) is 13.2. The molecule has 7 nitrogen and oxygen atoms in total. The molecule has 0 bridgehead atoms. The summed E-state index contributed by atoms with van der Waals surface area (Å²) in [5, 5.41) is 2.74. The average Bonchev–Trinajstić information content (AvgIpc) is 3.19. The topological polar surface area (TPSA) is 83.1 Å². The van der Waals surface area contributed by atoms with Crippen LogP contribution in [0.4, 0.5) is 0 Å². The number of hydrogen-bond acceptors (Lipinski definition) is 6. The van der Waals surface area contributed by atoms with Crippen molar-refractivity contribution in [2.24, 2.45) is 0 Å². The molecule has 1 atom stereocenters. The minimum absolute atomic E-state index is 0.195. The van der Waals surface area contributed by atoms with Gasteiger partial charge in [-0.25, -0.2) is 4.79 Å². The lowest BCUT2D eigenvalue weighted by atomic mass is 10.2. The molecule has 7 heteroatoms. The number of rotatable bonds is 8. The molecule has 0 saturated heterocycles. The van der Waals surface area contributed by atoms with Crippen LogP contribution in [0.25, 0.3) is 6.08 Å². The molecular weight excluding hydrogens is 374 g/mol. The Labute approximate surface area is 169 Å². The molecule has 1 heterocycles. The summed E-state index contributed by atoms with van der Waals surface area (Å²) in [7, 11) is 0. The van der Waals surface area contributed by atoms with Gasteiger partial charge in [0.1, 0.15) is 5.75 Å². The highest BCUT2D eigenvalue weighted by Crippen LogP contribution is 2.32. The Morgan fingerprint density at radius 2 is 1.97 bits per heavy atom. The monoisotopic (exact) mass is 397 g/mol. The number of benzene rings is 2. The van der Waals surface area contributed by atoms with Gasteiger partial charge in [-0.05, 0) is 43.7 Å². The van der Waals surface area contributed by atoms with E-state index in [1.54, 1.807) is 18.2 Å². The summed E-state index contributed by atoms with van der Waals surface area (Å²) in [5.41, 5.74) is 1.61. The summed E-state index contributed by atoms with van der Waals surface area (Å²) < 4.78 is 21.2. The van der Waals surface area contributed by atoms with E-state index >= 15 is 0 Å². The predicted molar refractivity (Wildman–Crippen MR) is 107 cm³/mol. The van der Waals surface area contributed by atoms with Gasteiger partial charge in [-0.1, -0.05) is 24.3 Å². The van der Waals surface area contributed by atoms with E-state index in [0.717, 1.165) is 11.1 Å². The molecule has 29 heavy (non-hydrogen) atoms. The van der Waals surface area contributed by atoms with Gasteiger partial charge in [-0.3, -0.25) is 4.79 Å². The number of carbonyl (C=O) groups excluding carboxylic acids is 2. The van der Waals surface area contributed by atoms with Crippen LogP contribution in [-0.4, -0.2) is 31.4 Å². The Balaban J connectivity index is 1.49. The Kier molecular flexibility index (Phi) is 6.73. The fourth-order valence-electron chi connectivity index (χ4n) is 2.71. The summed E-state index contributed by atoms with van der Waals surface area (Å²) in [5.74, 6) is 1.00. The maximum atomic E-state index is 12.2. The van der Waals surface area contributed by atoms with E-state index in [9.17, 15) is 9.59 Å². The molecule has 2 aromatic rings. The summed E-state index contributed by atoms with van der Waals surface area (Å²) >= 11 is 0. The average molecular weight is 397 g/mol. The Bertz CT molecular complexity index is 908. The third-order valence-corrected chi connectivity index (χ3v) is 4.18. The van der Waals surface area contributed by atoms with Crippen molar-refractivity contribution >= 4 is 18.0 Å². The Morgan fingerprint density at radius 3 is 2.79 bits per heavy atom. The molecule has 3 rings (SSSR count). The van der Waals surface area contributed by atoms with E-state index in [-0.39, 0.29) is 19.2 Å². The van der Waals surface area contributed by atoms with Crippen LogP contribution in [0.3, 0.4) is 0 Å². The van der Waals surface area contributed by atoms with E-state index in [2.05, 4.69) is 5.32 Å². The van der Waals surface area contributed by atoms with Crippen LogP contribution in [0, 0.1) is 0 Å². The van der Waals surface area contributed by atoms with Gasteiger partial charge >= 0.3 is 5.97 Å². The zero-order valence-electron chi connectivity index (χ0n) is 16.3. The fraction of sp³-hybridized carbons (Fsp3) is 0.273. The molecule has 0 aliphatic carbocycles. The molecule has 0 unspecified atom stereocenters. The summed E-state index contributed by atoms with van der Waals surface area (Å²) in [6, 6.07) is 12.8. The molecule has 1 aliphatic rings. The number of fused-ring (bicyclic) bond motifs is 1. The van der Waals surface area contributed by atoms with Crippen molar-refractivity contribution in [1.82, 2.24) is 5.32 Å². The van der Waals surface area contributed by atoms with E-state index in [1.807, 2.05) is 37.3 Å². The number of esters is 1. The Morgan fingerprint density at radius 1 is 1.17 bits per heavy atom. The smallest absolute Gasteiger partial charge is 0.331 e. The van der Waals surface area contributed by atoms with E-state index < -0.39 is 12.1 Å². The minimum Gasteiger partial charge on any atom is -0.493 e. The van der Waals surface area contributed by atoms with Gasteiger partial charge in [0.2, 0.25) is 6.79 Å². The number of nitrogens with one attached hydrogen (secondary N) is 1. The molecule has 0 fully saturated rings. The van der Waals surface area contributed by atoms with Crippen LogP contribution < -0.4 is 19.5 Å². The quantitative estimate of drug-likeness (QED) is 0.545. The molecule has 2 aromatic carbocycles. The molecular formula is C22H23NO6. The zero-order valence-corrected chi connectivity index (χ0v) is 16.3.